The van der Waals surface area contributed by atoms with Gasteiger partial charge in [0.15, 0.2) is 0 Å². The lowest BCUT2D eigenvalue weighted by molar-refractivity contribution is 0.538. The van der Waals surface area contributed by atoms with Gasteiger partial charge in [0.1, 0.15) is 10.6 Å². The van der Waals surface area contributed by atoms with E-state index in [2.05, 4.69) is 110 Å². The molecule has 0 nitrogen and oxygen atoms in total. The van der Waals surface area contributed by atoms with Crippen LogP contribution in [0.15, 0.2) is 35.6 Å². The first-order chi connectivity index (χ1) is 11.9. The standard InChI is InChI=1S/C23H44PSi3/c1-23(2,3)21-20(19-16-14-13-15-17-19)24(21,18-25(4,5)6)22(26(7,8)9)27(10,11)12/h13-17,22H,18H2,1-12H3/q+1. The Morgan fingerprint density at radius 1 is 0.778 bits per heavy atom. The normalized spacial score (nSPS) is 21.8. The van der Waals surface area contributed by atoms with E-state index in [0.717, 1.165) is 4.91 Å². The van der Waals surface area contributed by atoms with Gasteiger partial charge in [0.25, 0.3) is 0 Å². The van der Waals surface area contributed by atoms with Crippen molar-refractivity contribution in [2.75, 3.05) is 5.79 Å². The maximum Gasteiger partial charge on any atom is 0.144 e. The van der Waals surface area contributed by atoms with Gasteiger partial charge in [-0.1, -0.05) is 110 Å². The molecule has 1 aliphatic rings. The number of hydrogen-bond acceptors (Lipinski definition) is 0. The molecule has 0 aliphatic carbocycles. The number of benzene rings is 1. The van der Waals surface area contributed by atoms with Crippen LogP contribution in [0.5, 0.6) is 0 Å². The highest BCUT2D eigenvalue weighted by Crippen LogP contribution is 2.96. The summed E-state index contributed by atoms with van der Waals surface area (Å²) in [5.74, 6) is 1.54. The van der Waals surface area contributed by atoms with Crippen molar-refractivity contribution in [3.63, 3.8) is 0 Å². The van der Waals surface area contributed by atoms with E-state index in [1.54, 1.807) is 5.56 Å². The lowest BCUT2D eigenvalue weighted by Gasteiger charge is -2.43. The SMILES string of the molecule is CC(C)(C)C1=C(c2ccccc2)[P+]1(C[Si](C)(C)C)C([Si](C)(C)C)[Si](C)(C)C. The zero-order valence-electron chi connectivity index (χ0n) is 20.1. The van der Waals surface area contributed by atoms with Crippen LogP contribution in [-0.2, 0) is 0 Å². The minimum atomic E-state index is -1.30. The summed E-state index contributed by atoms with van der Waals surface area (Å²) >= 11 is 0. The van der Waals surface area contributed by atoms with Crippen LogP contribution in [0.25, 0.3) is 5.31 Å². The van der Waals surface area contributed by atoms with Crippen molar-refractivity contribution in [2.45, 2.75) is 84.6 Å². The van der Waals surface area contributed by atoms with E-state index in [1.165, 1.54) is 5.79 Å². The molecule has 0 fully saturated rings. The molecule has 1 aliphatic heterocycles. The second-order valence-corrected chi connectivity index (χ2v) is 34.7. The van der Waals surface area contributed by atoms with Crippen LogP contribution in [0.4, 0.5) is 0 Å². The molecule has 0 radical (unpaired) electrons. The topological polar surface area (TPSA) is 0 Å². The molecule has 4 heteroatoms. The summed E-state index contributed by atoms with van der Waals surface area (Å²) in [7, 11) is -5.00. The Balaban J connectivity index is 2.79. The van der Waals surface area contributed by atoms with Gasteiger partial charge in [-0.05, 0) is 0 Å². The van der Waals surface area contributed by atoms with Gasteiger partial charge >= 0.3 is 0 Å². The predicted octanol–water partition coefficient (Wildman–Crippen LogP) is 8.43. The van der Waals surface area contributed by atoms with E-state index in [1.807, 2.05) is 10.6 Å². The summed E-state index contributed by atoms with van der Waals surface area (Å²) < 4.78 is 0. The van der Waals surface area contributed by atoms with Crippen molar-refractivity contribution in [1.29, 1.82) is 0 Å². The quantitative estimate of drug-likeness (QED) is 0.310. The number of rotatable bonds is 6. The zero-order chi connectivity index (χ0) is 21.1. The van der Waals surface area contributed by atoms with Gasteiger partial charge in [-0.15, -0.1) is 0 Å². The van der Waals surface area contributed by atoms with Crippen molar-refractivity contribution < 1.29 is 0 Å². The van der Waals surface area contributed by atoms with Crippen molar-refractivity contribution >= 4 is 36.8 Å². The van der Waals surface area contributed by atoms with Crippen LogP contribution in [-0.4, -0.2) is 34.9 Å². The van der Waals surface area contributed by atoms with Gasteiger partial charge in [0.2, 0.25) is 0 Å². The van der Waals surface area contributed by atoms with Crippen molar-refractivity contribution in [1.82, 2.24) is 0 Å². The Kier molecular flexibility index (Phi) is 6.11. The minimum absolute atomic E-state index is 0.302. The van der Waals surface area contributed by atoms with Crippen LogP contribution in [0.1, 0.15) is 26.3 Å². The average Bonchev–Trinajstić information content (AvgIpc) is 3.01. The van der Waals surface area contributed by atoms with Crippen LogP contribution in [0.2, 0.25) is 58.9 Å². The highest BCUT2D eigenvalue weighted by molar-refractivity contribution is 8.02. The maximum atomic E-state index is 2.67. The number of allylic oxidation sites excluding steroid dienone is 1. The molecule has 2 rings (SSSR count). The van der Waals surface area contributed by atoms with E-state index in [9.17, 15) is 0 Å². The largest absolute Gasteiger partial charge is 0.144 e. The summed E-state index contributed by atoms with van der Waals surface area (Å²) in [5.41, 5.74) is 1.85. The Hall–Kier alpha value is 0.0406. The van der Waals surface area contributed by atoms with Crippen molar-refractivity contribution in [3.05, 3.63) is 41.2 Å². The average molecular weight is 436 g/mol. The van der Waals surface area contributed by atoms with E-state index in [-0.39, 0.29) is 0 Å². The molecule has 0 N–H and O–H groups in total. The third-order valence-corrected chi connectivity index (χ3v) is 30.7. The fraction of sp³-hybridized carbons (Fsp3) is 0.652. The van der Waals surface area contributed by atoms with Gasteiger partial charge in [-0.3, -0.25) is 0 Å². The molecule has 1 unspecified atom stereocenters. The molecule has 0 bridgehead atoms. The zero-order valence-corrected chi connectivity index (χ0v) is 24.0. The minimum Gasteiger partial charge on any atom is -0.0664 e. The third kappa shape index (κ3) is 4.79. The predicted molar refractivity (Wildman–Crippen MR) is 138 cm³/mol. The van der Waals surface area contributed by atoms with Gasteiger partial charge in [-0.2, -0.15) is 0 Å². The molecular weight excluding hydrogens is 391 g/mol. The van der Waals surface area contributed by atoms with Gasteiger partial charge in [0.05, 0.1) is 42.2 Å². The van der Waals surface area contributed by atoms with Crippen LogP contribution >= 0.6 is 7.26 Å². The van der Waals surface area contributed by atoms with E-state index in [4.69, 9.17) is 0 Å². The van der Waals surface area contributed by atoms with Gasteiger partial charge < -0.3 is 0 Å². The highest BCUT2D eigenvalue weighted by Gasteiger charge is 2.75. The van der Waals surface area contributed by atoms with E-state index >= 15 is 0 Å². The van der Waals surface area contributed by atoms with E-state index in [0.29, 0.717) is 5.41 Å². The van der Waals surface area contributed by atoms with Crippen LogP contribution < -0.4 is 0 Å². The molecule has 0 spiro atoms. The second-order valence-electron chi connectivity index (χ2n) is 13.0. The second kappa shape index (κ2) is 7.07. The molecule has 1 aromatic rings. The Labute approximate surface area is 173 Å². The Bertz CT molecular complexity index is 695. The number of hydrogen-bond donors (Lipinski definition) is 0. The molecule has 0 saturated carbocycles. The summed E-state index contributed by atoms with van der Waals surface area (Å²) in [6.45, 7) is 31.3. The maximum absolute atomic E-state index is 2.67. The summed E-state index contributed by atoms with van der Waals surface area (Å²) in [6, 6.07) is 11.5. The molecular formula is C23H44PSi3+. The molecule has 152 valence electrons. The summed E-state index contributed by atoms with van der Waals surface area (Å²) in [6.07, 6.45) is 0. The molecule has 0 amide bonds. The molecule has 1 aromatic carbocycles. The first-order valence-electron chi connectivity index (χ1n) is 10.6. The van der Waals surface area contributed by atoms with Gasteiger partial charge in [0, 0.05) is 11.0 Å². The first kappa shape index (κ1) is 23.3. The molecule has 1 heterocycles. The van der Waals surface area contributed by atoms with Gasteiger partial charge in [-0.25, -0.2) is 0 Å². The smallest absolute Gasteiger partial charge is 0.0664 e. The fourth-order valence-electron chi connectivity index (χ4n) is 6.09. The molecule has 0 aromatic heterocycles. The molecule has 1 atom stereocenters. The van der Waals surface area contributed by atoms with Crippen molar-refractivity contribution in [2.24, 2.45) is 5.41 Å². The molecule has 0 saturated heterocycles. The summed E-state index contributed by atoms with van der Waals surface area (Å²) in [4.78, 5) is 1.01. The highest BCUT2D eigenvalue weighted by atomic mass is 31.2. The van der Waals surface area contributed by atoms with Crippen LogP contribution in [0, 0.1) is 5.41 Å². The Morgan fingerprint density at radius 3 is 1.56 bits per heavy atom. The lowest BCUT2D eigenvalue weighted by atomic mass is 9.95. The lowest BCUT2D eigenvalue weighted by Crippen LogP contribution is -2.55. The van der Waals surface area contributed by atoms with Crippen molar-refractivity contribution in [3.8, 4) is 0 Å². The first-order valence-corrected chi connectivity index (χ1v) is 23.5. The Morgan fingerprint density at radius 2 is 1.22 bits per heavy atom. The molecule has 27 heavy (non-hydrogen) atoms. The summed E-state index contributed by atoms with van der Waals surface area (Å²) in [5, 5.41) is 3.77. The van der Waals surface area contributed by atoms with E-state index < -0.39 is 31.5 Å². The van der Waals surface area contributed by atoms with Crippen LogP contribution in [0.3, 0.4) is 0 Å². The monoisotopic (exact) mass is 435 g/mol. The third-order valence-electron chi connectivity index (χ3n) is 5.54. The fourth-order valence-corrected chi connectivity index (χ4v) is 42.0.